The maximum absolute atomic E-state index is 12.3. The highest BCUT2D eigenvalue weighted by Crippen LogP contribution is 2.14. The summed E-state index contributed by atoms with van der Waals surface area (Å²) < 4.78 is 26.9. The summed E-state index contributed by atoms with van der Waals surface area (Å²) >= 11 is 0. The average Bonchev–Trinajstić information content (AvgIpc) is 3.21. The molecule has 1 aromatic carbocycles. The zero-order valence-corrected chi connectivity index (χ0v) is 35.4. The molecule has 0 saturated heterocycles. The Bertz CT molecular complexity index is 1390. The highest BCUT2D eigenvalue weighted by atomic mass is 16.5. The molecule has 0 unspecified atom stereocenters. The molecule has 0 radical (unpaired) electrons. The number of amides is 4. The van der Waals surface area contributed by atoms with Crippen LogP contribution in [0.25, 0.3) is 0 Å². The van der Waals surface area contributed by atoms with Gasteiger partial charge in [0.2, 0.25) is 23.6 Å². The normalized spacial score (nSPS) is 11.9. The second kappa shape index (κ2) is 35.1. The molecule has 0 aromatic heterocycles. The summed E-state index contributed by atoms with van der Waals surface area (Å²) in [5.74, 6) is -2.59. The van der Waals surface area contributed by atoms with E-state index in [0.717, 1.165) is 57.8 Å². The number of ketones is 1. The number of carboxylic acids is 2. The minimum absolute atomic E-state index is 0.0451. The summed E-state index contributed by atoms with van der Waals surface area (Å²) in [4.78, 5) is 81.9. The second-order valence-corrected chi connectivity index (χ2v) is 14.3. The highest BCUT2D eigenvalue weighted by Gasteiger charge is 2.21. The van der Waals surface area contributed by atoms with Crippen molar-refractivity contribution in [3.8, 4) is 5.75 Å². The van der Waals surface area contributed by atoms with Gasteiger partial charge in [-0.2, -0.15) is 0 Å². The summed E-state index contributed by atoms with van der Waals surface area (Å²) in [7, 11) is 0. The standard InChI is InChI=1S/C42H68N4O14/c1-32(33(2)47)12-9-10-20-43-39(50)30-58-28-27-57-25-22-45-40(51)31-59-29-26-56-24-21-44-37(48)19-18-36(42(54)55)46-38(49)13-8-6-4-3-5-7-11-23-60-35-16-14-34(15-17-35)41(52)53/h14-17,32,36H,3-13,18-31H2,1-2H3,(H,43,50)(H,44,48)(H,45,51)(H,46,49)(H,52,53)(H,54,55)/t32-,36-/m0/s1. The summed E-state index contributed by atoms with van der Waals surface area (Å²) in [6.07, 6.45) is 8.89. The lowest BCUT2D eigenvalue weighted by Crippen LogP contribution is -2.41. The number of Topliss-reactive ketones (excluding diaryl/α,β-unsaturated/α-hetero) is 1. The van der Waals surface area contributed by atoms with Crippen LogP contribution >= 0.6 is 0 Å². The molecule has 0 aliphatic carbocycles. The van der Waals surface area contributed by atoms with Gasteiger partial charge >= 0.3 is 11.9 Å². The number of nitrogens with one attached hydrogen (secondary N) is 4. The number of aromatic carboxylic acids is 1. The zero-order valence-electron chi connectivity index (χ0n) is 35.4. The smallest absolute Gasteiger partial charge is 0.335 e. The van der Waals surface area contributed by atoms with Crippen molar-refractivity contribution < 1.29 is 67.5 Å². The van der Waals surface area contributed by atoms with E-state index in [0.29, 0.717) is 25.3 Å². The van der Waals surface area contributed by atoms with Crippen LogP contribution in [0.4, 0.5) is 0 Å². The first-order valence-electron chi connectivity index (χ1n) is 21.0. The van der Waals surface area contributed by atoms with Gasteiger partial charge in [-0.1, -0.05) is 45.4 Å². The van der Waals surface area contributed by atoms with Gasteiger partial charge in [0.05, 0.1) is 51.8 Å². The van der Waals surface area contributed by atoms with Crippen molar-refractivity contribution >= 4 is 41.4 Å². The Labute approximate surface area is 353 Å². The van der Waals surface area contributed by atoms with Gasteiger partial charge in [0.15, 0.2) is 0 Å². The van der Waals surface area contributed by atoms with E-state index in [-0.39, 0.29) is 126 Å². The Morgan fingerprint density at radius 2 is 1.08 bits per heavy atom. The molecule has 340 valence electrons. The van der Waals surface area contributed by atoms with Crippen LogP contribution in [0.1, 0.15) is 108 Å². The van der Waals surface area contributed by atoms with Crippen LogP contribution in [0, 0.1) is 5.92 Å². The minimum atomic E-state index is -1.20. The monoisotopic (exact) mass is 852 g/mol. The van der Waals surface area contributed by atoms with Crippen molar-refractivity contribution in [2.45, 2.75) is 103 Å². The Morgan fingerprint density at radius 3 is 1.65 bits per heavy atom. The molecule has 0 bridgehead atoms. The lowest BCUT2D eigenvalue weighted by Gasteiger charge is -2.14. The number of hydrogen-bond donors (Lipinski definition) is 6. The number of carbonyl (C=O) groups excluding carboxylic acids is 5. The van der Waals surface area contributed by atoms with Gasteiger partial charge in [-0.15, -0.1) is 0 Å². The van der Waals surface area contributed by atoms with Crippen LogP contribution in [-0.4, -0.2) is 137 Å². The molecule has 0 spiro atoms. The molecule has 0 aliphatic rings. The van der Waals surface area contributed by atoms with Crippen molar-refractivity contribution in [1.82, 2.24) is 21.3 Å². The summed E-state index contributed by atoms with van der Waals surface area (Å²) in [6.45, 7) is 6.13. The van der Waals surface area contributed by atoms with E-state index in [4.69, 9.17) is 28.8 Å². The van der Waals surface area contributed by atoms with Gasteiger partial charge < -0.3 is 55.2 Å². The van der Waals surface area contributed by atoms with Crippen LogP contribution in [0.3, 0.4) is 0 Å². The van der Waals surface area contributed by atoms with E-state index in [1.54, 1.807) is 19.1 Å². The molecule has 60 heavy (non-hydrogen) atoms. The predicted molar refractivity (Wildman–Crippen MR) is 221 cm³/mol. The van der Waals surface area contributed by atoms with Gasteiger partial charge in [-0.05, 0) is 63.3 Å². The third-order valence-electron chi connectivity index (χ3n) is 9.14. The Balaban J connectivity index is 1.93. The van der Waals surface area contributed by atoms with Gasteiger partial charge in [0.1, 0.15) is 30.8 Å². The maximum Gasteiger partial charge on any atom is 0.335 e. The van der Waals surface area contributed by atoms with E-state index >= 15 is 0 Å². The van der Waals surface area contributed by atoms with Crippen molar-refractivity contribution in [1.29, 1.82) is 0 Å². The first kappa shape index (κ1) is 53.4. The fraction of sp³-hybridized carbons (Fsp3) is 0.690. The van der Waals surface area contributed by atoms with Crippen LogP contribution in [0.15, 0.2) is 24.3 Å². The molecule has 2 atom stereocenters. The van der Waals surface area contributed by atoms with Gasteiger partial charge in [-0.25, -0.2) is 9.59 Å². The molecule has 0 saturated carbocycles. The van der Waals surface area contributed by atoms with Gasteiger partial charge in [-0.3, -0.25) is 24.0 Å². The quantitative estimate of drug-likeness (QED) is 0.0521. The molecule has 18 nitrogen and oxygen atoms in total. The summed E-state index contributed by atoms with van der Waals surface area (Å²) in [6, 6.07) is 5.13. The van der Waals surface area contributed by atoms with Crippen molar-refractivity contribution in [2.75, 3.05) is 79.1 Å². The number of ether oxygens (including phenoxy) is 5. The largest absolute Gasteiger partial charge is 0.494 e. The van der Waals surface area contributed by atoms with E-state index in [1.165, 1.54) is 12.1 Å². The third kappa shape index (κ3) is 30.4. The summed E-state index contributed by atoms with van der Waals surface area (Å²) in [5.41, 5.74) is 0.215. The first-order valence-corrected chi connectivity index (χ1v) is 21.0. The van der Waals surface area contributed by atoms with E-state index in [1.807, 2.05) is 6.92 Å². The lowest BCUT2D eigenvalue weighted by atomic mass is 10.0. The van der Waals surface area contributed by atoms with Crippen molar-refractivity contribution in [2.24, 2.45) is 5.92 Å². The van der Waals surface area contributed by atoms with Crippen LogP contribution in [0.5, 0.6) is 5.75 Å². The number of carboxylic acid groups (broad SMARTS) is 2. The molecule has 6 N–H and O–H groups in total. The Hall–Kier alpha value is -4.65. The molecular weight excluding hydrogens is 784 g/mol. The number of benzene rings is 1. The molecular formula is C42H68N4O14. The first-order chi connectivity index (χ1) is 28.9. The SMILES string of the molecule is CC(=O)[C@@H](C)CCCCNC(=O)COCCOCCNC(=O)COCCOCCNC(=O)CC[C@H](NC(=O)CCCCCCCCCOc1ccc(C(=O)O)cc1)C(=O)O. The second-order valence-electron chi connectivity index (χ2n) is 14.3. The molecule has 0 aliphatic heterocycles. The van der Waals surface area contributed by atoms with Crippen LogP contribution in [0.2, 0.25) is 0 Å². The average molecular weight is 853 g/mol. The molecule has 1 aromatic rings. The number of unbranched alkanes of at least 4 members (excludes halogenated alkanes) is 7. The Kier molecular flexibility index (Phi) is 31.3. The number of aliphatic carboxylic acids is 1. The number of carbonyl (C=O) groups is 7. The third-order valence-corrected chi connectivity index (χ3v) is 9.14. The highest BCUT2D eigenvalue weighted by molar-refractivity contribution is 5.87. The number of hydrogen-bond acceptors (Lipinski definition) is 12. The molecule has 4 amide bonds. The molecule has 0 fully saturated rings. The fourth-order valence-corrected chi connectivity index (χ4v) is 5.45. The molecule has 18 heteroatoms. The van der Waals surface area contributed by atoms with E-state index in [9.17, 15) is 38.7 Å². The predicted octanol–water partition coefficient (Wildman–Crippen LogP) is 3.04. The van der Waals surface area contributed by atoms with Crippen molar-refractivity contribution in [3.05, 3.63) is 29.8 Å². The number of rotatable bonds is 39. The molecule has 0 heterocycles. The fourth-order valence-electron chi connectivity index (χ4n) is 5.45. The lowest BCUT2D eigenvalue weighted by molar-refractivity contribution is -0.142. The topological polar surface area (TPSA) is 254 Å². The minimum Gasteiger partial charge on any atom is -0.494 e. The maximum atomic E-state index is 12.3. The van der Waals surface area contributed by atoms with Crippen molar-refractivity contribution in [3.63, 3.8) is 0 Å². The van der Waals surface area contributed by atoms with Gasteiger partial charge in [0, 0.05) is 38.4 Å². The van der Waals surface area contributed by atoms with Crippen LogP contribution < -0.4 is 26.0 Å². The summed E-state index contributed by atoms with van der Waals surface area (Å²) in [5, 5.41) is 29.0. The molecule has 1 rings (SSSR count). The van der Waals surface area contributed by atoms with E-state index < -0.39 is 18.0 Å². The van der Waals surface area contributed by atoms with Crippen LogP contribution in [-0.2, 0) is 47.7 Å². The van der Waals surface area contributed by atoms with Gasteiger partial charge in [0.25, 0.3) is 0 Å². The Morgan fingerprint density at radius 1 is 0.550 bits per heavy atom. The zero-order chi connectivity index (χ0) is 44.2. The van der Waals surface area contributed by atoms with E-state index in [2.05, 4.69) is 21.3 Å².